The number of rotatable bonds is 3. The van der Waals surface area contributed by atoms with Gasteiger partial charge in [0.2, 0.25) is 0 Å². The number of anilines is 1. The minimum absolute atomic E-state index is 0.198. The van der Waals surface area contributed by atoms with Gasteiger partial charge in [-0.2, -0.15) is 0 Å². The molecule has 0 aliphatic rings. The maximum absolute atomic E-state index is 13.2. The Labute approximate surface area is 113 Å². The Bertz CT molecular complexity index is 496. The molecule has 1 N–H and O–H groups in total. The van der Waals surface area contributed by atoms with Crippen LogP contribution in [0.2, 0.25) is 0 Å². The SMILES string of the molecule is Cc1cc(F)cc(NCc2cc(Br)c(C)s2)c1. The standard InChI is InChI=1S/C13H13BrFNS/c1-8-3-10(15)5-11(4-8)16-7-12-6-13(14)9(2)17-12/h3-6,16H,7H2,1-2H3. The molecule has 2 rings (SSSR count). The van der Waals surface area contributed by atoms with E-state index in [2.05, 4.69) is 34.2 Å². The van der Waals surface area contributed by atoms with Crippen molar-refractivity contribution in [1.29, 1.82) is 0 Å². The van der Waals surface area contributed by atoms with Crippen LogP contribution in [0.3, 0.4) is 0 Å². The van der Waals surface area contributed by atoms with Gasteiger partial charge in [0.25, 0.3) is 0 Å². The van der Waals surface area contributed by atoms with Gasteiger partial charge in [-0.1, -0.05) is 0 Å². The van der Waals surface area contributed by atoms with Crippen molar-refractivity contribution in [3.05, 3.63) is 49.9 Å². The molecule has 0 amide bonds. The molecule has 0 atom stereocenters. The summed E-state index contributed by atoms with van der Waals surface area (Å²) in [5, 5.41) is 3.23. The van der Waals surface area contributed by atoms with E-state index in [0.717, 1.165) is 22.3 Å². The maximum Gasteiger partial charge on any atom is 0.125 e. The van der Waals surface area contributed by atoms with E-state index >= 15 is 0 Å². The first-order chi connectivity index (χ1) is 8.04. The number of benzene rings is 1. The fraction of sp³-hybridized carbons (Fsp3) is 0.231. The molecule has 0 aliphatic heterocycles. The van der Waals surface area contributed by atoms with Gasteiger partial charge in [0, 0.05) is 26.5 Å². The first-order valence-electron chi connectivity index (χ1n) is 5.30. The highest BCUT2D eigenvalue weighted by molar-refractivity contribution is 9.10. The summed E-state index contributed by atoms with van der Waals surface area (Å²) >= 11 is 5.23. The lowest BCUT2D eigenvalue weighted by molar-refractivity contribution is 0.627. The van der Waals surface area contributed by atoms with Gasteiger partial charge in [0.15, 0.2) is 0 Å². The topological polar surface area (TPSA) is 12.0 Å². The van der Waals surface area contributed by atoms with Crippen molar-refractivity contribution in [2.24, 2.45) is 0 Å². The molecule has 1 nitrogen and oxygen atoms in total. The molecule has 2 aromatic rings. The normalized spacial score (nSPS) is 10.6. The molecule has 1 aromatic carbocycles. The van der Waals surface area contributed by atoms with Gasteiger partial charge in [-0.25, -0.2) is 4.39 Å². The molecule has 1 aromatic heterocycles. The van der Waals surface area contributed by atoms with Crippen molar-refractivity contribution < 1.29 is 4.39 Å². The van der Waals surface area contributed by atoms with E-state index in [-0.39, 0.29) is 5.82 Å². The smallest absolute Gasteiger partial charge is 0.125 e. The van der Waals surface area contributed by atoms with Crippen LogP contribution in [0.5, 0.6) is 0 Å². The second-order valence-electron chi connectivity index (χ2n) is 3.99. The highest BCUT2D eigenvalue weighted by atomic mass is 79.9. The fourth-order valence-electron chi connectivity index (χ4n) is 1.63. The average Bonchev–Trinajstić information content (AvgIpc) is 2.54. The van der Waals surface area contributed by atoms with E-state index in [4.69, 9.17) is 0 Å². The van der Waals surface area contributed by atoms with Crippen molar-refractivity contribution in [2.75, 3.05) is 5.32 Å². The molecule has 1 heterocycles. The summed E-state index contributed by atoms with van der Waals surface area (Å²) in [5.41, 5.74) is 1.75. The zero-order chi connectivity index (χ0) is 12.4. The van der Waals surface area contributed by atoms with Crippen LogP contribution in [0.1, 0.15) is 15.3 Å². The molecule has 4 heteroatoms. The summed E-state index contributed by atoms with van der Waals surface area (Å²) < 4.78 is 14.3. The third kappa shape index (κ3) is 3.30. The van der Waals surface area contributed by atoms with E-state index < -0.39 is 0 Å². The van der Waals surface area contributed by atoms with Crippen LogP contribution in [0, 0.1) is 19.7 Å². The van der Waals surface area contributed by atoms with Gasteiger partial charge < -0.3 is 5.32 Å². The fourth-order valence-corrected chi connectivity index (χ4v) is 3.17. The summed E-state index contributed by atoms with van der Waals surface area (Å²) in [5.74, 6) is -0.198. The molecule has 0 radical (unpaired) electrons. The highest BCUT2D eigenvalue weighted by Gasteiger charge is 2.03. The number of hydrogen-bond donors (Lipinski definition) is 1. The summed E-state index contributed by atoms with van der Waals surface area (Å²) in [6.45, 7) is 4.69. The van der Waals surface area contributed by atoms with Crippen LogP contribution in [0.25, 0.3) is 0 Å². The van der Waals surface area contributed by atoms with Gasteiger partial charge in [-0.05, 0) is 59.6 Å². The minimum atomic E-state index is -0.198. The number of halogens is 2. The van der Waals surface area contributed by atoms with E-state index in [1.54, 1.807) is 11.3 Å². The molecule has 0 bridgehead atoms. The zero-order valence-corrected chi connectivity index (χ0v) is 12.1. The Morgan fingerprint density at radius 3 is 2.59 bits per heavy atom. The van der Waals surface area contributed by atoms with Gasteiger partial charge in [0.05, 0.1) is 0 Å². The average molecular weight is 314 g/mol. The van der Waals surface area contributed by atoms with Crippen LogP contribution in [0.15, 0.2) is 28.7 Å². The second-order valence-corrected chi connectivity index (χ2v) is 6.18. The van der Waals surface area contributed by atoms with E-state index in [1.807, 2.05) is 13.0 Å². The van der Waals surface area contributed by atoms with Gasteiger partial charge in [0.1, 0.15) is 5.82 Å². The number of thiophene rings is 1. The molecule has 0 saturated heterocycles. The number of aryl methyl sites for hydroxylation is 2. The number of nitrogens with one attached hydrogen (secondary N) is 1. The van der Waals surface area contributed by atoms with E-state index in [0.29, 0.717) is 0 Å². The molecule has 0 saturated carbocycles. The van der Waals surface area contributed by atoms with Crippen LogP contribution in [-0.2, 0) is 6.54 Å². The van der Waals surface area contributed by atoms with Crippen molar-refractivity contribution in [3.63, 3.8) is 0 Å². The lowest BCUT2D eigenvalue weighted by Crippen LogP contribution is -1.98. The first kappa shape index (κ1) is 12.6. The van der Waals surface area contributed by atoms with Crippen molar-refractivity contribution in [2.45, 2.75) is 20.4 Å². The molecule has 0 fully saturated rings. The Morgan fingerprint density at radius 2 is 2.00 bits per heavy atom. The third-order valence-electron chi connectivity index (χ3n) is 2.42. The summed E-state index contributed by atoms with van der Waals surface area (Å²) in [6.07, 6.45) is 0. The molecule has 90 valence electrons. The van der Waals surface area contributed by atoms with E-state index in [9.17, 15) is 4.39 Å². The summed E-state index contributed by atoms with van der Waals surface area (Å²) in [7, 11) is 0. The molecular weight excluding hydrogens is 301 g/mol. The zero-order valence-electron chi connectivity index (χ0n) is 9.68. The minimum Gasteiger partial charge on any atom is -0.380 e. The largest absolute Gasteiger partial charge is 0.380 e. The monoisotopic (exact) mass is 313 g/mol. The lowest BCUT2D eigenvalue weighted by atomic mass is 10.2. The van der Waals surface area contributed by atoms with Crippen molar-refractivity contribution in [1.82, 2.24) is 0 Å². The molecule has 0 aliphatic carbocycles. The quantitative estimate of drug-likeness (QED) is 0.851. The van der Waals surface area contributed by atoms with Crippen LogP contribution in [-0.4, -0.2) is 0 Å². The van der Waals surface area contributed by atoms with Gasteiger partial charge in [-0.15, -0.1) is 11.3 Å². The second kappa shape index (κ2) is 5.19. The molecular formula is C13H13BrFNS. The van der Waals surface area contributed by atoms with Crippen LogP contribution in [0.4, 0.5) is 10.1 Å². The van der Waals surface area contributed by atoms with Gasteiger partial charge in [-0.3, -0.25) is 0 Å². The molecule has 0 spiro atoms. The van der Waals surface area contributed by atoms with Crippen LogP contribution >= 0.6 is 27.3 Å². The van der Waals surface area contributed by atoms with Crippen molar-refractivity contribution >= 4 is 33.0 Å². The van der Waals surface area contributed by atoms with E-state index in [1.165, 1.54) is 21.9 Å². The Balaban J connectivity index is 2.07. The highest BCUT2D eigenvalue weighted by Crippen LogP contribution is 2.27. The summed E-state index contributed by atoms with van der Waals surface area (Å²) in [6, 6.07) is 7.08. The number of hydrogen-bond acceptors (Lipinski definition) is 2. The molecule has 0 unspecified atom stereocenters. The maximum atomic E-state index is 13.2. The Hall–Kier alpha value is -0.870. The Kier molecular flexibility index (Phi) is 3.84. The van der Waals surface area contributed by atoms with Crippen LogP contribution < -0.4 is 5.32 Å². The predicted molar refractivity (Wildman–Crippen MR) is 75.2 cm³/mol. The first-order valence-corrected chi connectivity index (χ1v) is 6.91. The Morgan fingerprint density at radius 1 is 1.24 bits per heavy atom. The third-order valence-corrected chi connectivity index (χ3v) is 4.55. The van der Waals surface area contributed by atoms with Gasteiger partial charge >= 0.3 is 0 Å². The van der Waals surface area contributed by atoms with Crippen molar-refractivity contribution in [3.8, 4) is 0 Å². The summed E-state index contributed by atoms with van der Waals surface area (Å²) in [4.78, 5) is 2.49. The lowest BCUT2D eigenvalue weighted by Gasteiger charge is -2.06. The molecule has 17 heavy (non-hydrogen) atoms. The predicted octanol–water partition coefficient (Wildman–Crippen LogP) is 4.88.